The number of ether oxygens (including phenoxy) is 1. The summed E-state index contributed by atoms with van der Waals surface area (Å²) in [5, 5.41) is 6.14. The van der Waals surface area contributed by atoms with Crippen molar-refractivity contribution in [3.63, 3.8) is 0 Å². The van der Waals surface area contributed by atoms with Crippen molar-refractivity contribution in [3.05, 3.63) is 64.8 Å². The van der Waals surface area contributed by atoms with E-state index < -0.39 is 29.6 Å². The van der Waals surface area contributed by atoms with Gasteiger partial charge in [0.05, 0.1) is 35.7 Å². The van der Waals surface area contributed by atoms with Gasteiger partial charge in [-0.15, -0.1) is 0 Å². The van der Waals surface area contributed by atoms with Crippen LogP contribution in [0, 0.1) is 5.92 Å². The molecule has 2 aromatic carbocycles. The molecule has 2 aliphatic rings. The van der Waals surface area contributed by atoms with Crippen LogP contribution in [0.5, 0.6) is 0 Å². The van der Waals surface area contributed by atoms with Crippen molar-refractivity contribution in [2.45, 2.75) is 12.8 Å². The lowest BCUT2D eigenvalue weighted by Crippen LogP contribution is -2.32. The number of para-hydroxylation sites is 2. The van der Waals surface area contributed by atoms with Crippen LogP contribution in [0.2, 0.25) is 5.02 Å². The number of carbonyl (C=O) groups excluding carboxylic acids is 4. The van der Waals surface area contributed by atoms with Crippen molar-refractivity contribution in [1.29, 1.82) is 0 Å². The lowest BCUT2D eigenvalue weighted by atomic mass is 9.95. The monoisotopic (exact) mass is 439 g/mol. The predicted molar refractivity (Wildman–Crippen MR) is 114 cm³/mol. The number of halogens is 1. The molecular formula is C22H18ClN3O5. The van der Waals surface area contributed by atoms with Gasteiger partial charge < -0.3 is 15.4 Å². The highest BCUT2D eigenvalue weighted by atomic mass is 35.5. The number of anilines is 3. The van der Waals surface area contributed by atoms with Gasteiger partial charge in [-0.1, -0.05) is 23.7 Å². The van der Waals surface area contributed by atoms with E-state index in [1.807, 2.05) is 0 Å². The van der Waals surface area contributed by atoms with Crippen LogP contribution in [-0.4, -0.2) is 30.8 Å². The molecule has 4 rings (SSSR count). The van der Waals surface area contributed by atoms with E-state index in [2.05, 4.69) is 10.6 Å². The smallest absolute Gasteiger partial charge is 0.336 e. The lowest BCUT2D eigenvalue weighted by Gasteiger charge is -2.23. The largest absolute Gasteiger partial charge is 0.466 e. The minimum absolute atomic E-state index is 0.00129. The quantitative estimate of drug-likeness (QED) is 0.431. The number of nitrogens with zero attached hydrogens (tertiary/aromatic N) is 1. The van der Waals surface area contributed by atoms with E-state index in [1.165, 1.54) is 7.11 Å². The summed E-state index contributed by atoms with van der Waals surface area (Å²) in [6, 6.07) is 13.3. The standard InChI is InChI=1S/C22H18ClN3O5/c1-31-22(30)15(19-20(28)25-17-5-3-2-4-16(17)24-19)10-12-11-18(27)26(21(12)29)14-8-6-13(23)7-9-14/h2-9,12,24H,10-11H2,1H3,(H,25,28)/b19-15+. The summed E-state index contributed by atoms with van der Waals surface area (Å²) in [5.74, 6) is -2.92. The fourth-order valence-corrected chi connectivity index (χ4v) is 3.79. The Bertz CT molecular complexity index is 1130. The van der Waals surface area contributed by atoms with Crippen molar-refractivity contribution in [1.82, 2.24) is 0 Å². The Labute approximate surface area is 182 Å². The summed E-state index contributed by atoms with van der Waals surface area (Å²) in [5.41, 5.74) is 1.57. The van der Waals surface area contributed by atoms with Crippen molar-refractivity contribution in [2.24, 2.45) is 5.92 Å². The van der Waals surface area contributed by atoms with Gasteiger partial charge >= 0.3 is 5.97 Å². The molecule has 2 aromatic rings. The zero-order chi connectivity index (χ0) is 22.1. The minimum Gasteiger partial charge on any atom is -0.466 e. The summed E-state index contributed by atoms with van der Waals surface area (Å²) in [6.07, 6.45) is -0.216. The van der Waals surface area contributed by atoms with Crippen molar-refractivity contribution >= 4 is 52.4 Å². The number of imide groups is 1. The Morgan fingerprint density at radius 3 is 2.35 bits per heavy atom. The molecule has 9 heteroatoms. The highest BCUT2D eigenvalue weighted by molar-refractivity contribution is 6.30. The van der Waals surface area contributed by atoms with Crippen LogP contribution in [0.3, 0.4) is 0 Å². The molecule has 0 bridgehead atoms. The number of amides is 3. The molecule has 0 saturated carbocycles. The molecule has 0 radical (unpaired) electrons. The number of hydrogen-bond donors (Lipinski definition) is 2. The molecule has 8 nitrogen and oxygen atoms in total. The Hall–Kier alpha value is -3.65. The predicted octanol–water partition coefficient (Wildman–Crippen LogP) is 3.10. The van der Waals surface area contributed by atoms with Crippen molar-refractivity contribution in [2.75, 3.05) is 22.6 Å². The number of nitrogens with one attached hydrogen (secondary N) is 2. The molecule has 0 aromatic heterocycles. The van der Waals surface area contributed by atoms with Crippen LogP contribution >= 0.6 is 11.6 Å². The molecule has 2 N–H and O–H groups in total. The summed E-state index contributed by atoms with van der Waals surface area (Å²) in [7, 11) is 1.19. The molecule has 31 heavy (non-hydrogen) atoms. The van der Waals surface area contributed by atoms with Gasteiger partial charge in [-0.05, 0) is 42.8 Å². The summed E-state index contributed by atoms with van der Waals surface area (Å²) >= 11 is 5.88. The zero-order valence-electron chi connectivity index (χ0n) is 16.5. The second-order valence-corrected chi connectivity index (χ2v) is 7.56. The molecule has 158 valence electrons. The first kappa shape index (κ1) is 20.6. The molecule has 3 amide bonds. The molecule has 1 fully saturated rings. The van der Waals surface area contributed by atoms with Gasteiger partial charge in [0.15, 0.2) is 0 Å². The molecule has 0 spiro atoms. The van der Waals surface area contributed by atoms with E-state index in [0.717, 1.165) is 4.90 Å². The van der Waals surface area contributed by atoms with E-state index in [9.17, 15) is 19.2 Å². The molecule has 1 atom stereocenters. The topological polar surface area (TPSA) is 105 Å². The van der Waals surface area contributed by atoms with E-state index in [-0.39, 0.29) is 24.1 Å². The number of methoxy groups -OCH3 is 1. The summed E-state index contributed by atoms with van der Waals surface area (Å²) < 4.78 is 4.86. The average molecular weight is 440 g/mol. The van der Waals surface area contributed by atoms with Crippen LogP contribution in [0.15, 0.2) is 59.8 Å². The van der Waals surface area contributed by atoms with E-state index in [0.29, 0.717) is 22.1 Å². The molecule has 1 unspecified atom stereocenters. The molecule has 0 aliphatic carbocycles. The summed E-state index contributed by atoms with van der Waals surface area (Å²) in [4.78, 5) is 51.8. The fourth-order valence-electron chi connectivity index (χ4n) is 3.66. The minimum atomic E-state index is -0.809. The van der Waals surface area contributed by atoms with Gasteiger partial charge in [-0.2, -0.15) is 0 Å². The van der Waals surface area contributed by atoms with Crippen LogP contribution in [0.25, 0.3) is 0 Å². The number of fused-ring (bicyclic) bond motifs is 1. The van der Waals surface area contributed by atoms with E-state index >= 15 is 0 Å². The van der Waals surface area contributed by atoms with Gasteiger partial charge in [0.2, 0.25) is 11.8 Å². The summed E-state index contributed by atoms with van der Waals surface area (Å²) in [6.45, 7) is 0. The molecule has 2 aliphatic heterocycles. The molecule has 1 saturated heterocycles. The van der Waals surface area contributed by atoms with Gasteiger partial charge in [-0.25, -0.2) is 4.79 Å². The third kappa shape index (κ3) is 3.89. The lowest BCUT2D eigenvalue weighted by molar-refractivity contribution is -0.136. The second kappa shape index (κ2) is 8.23. The highest BCUT2D eigenvalue weighted by Crippen LogP contribution is 2.34. The second-order valence-electron chi connectivity index (χ2n) is 7.12. The number of esters is 1. The van der Waals surface area contributed by atoms with Gasteiger partial charge in [-0.3, -0.25) is 19.3 Å². The maximum absolute atomic E-state index is 13.0. The fraction of sp³-hybridized carbons (Fsp3) is 0.182. The van der Waals surface area contributed by atoms with E-state index in [1.54, 1.807) is 48.5 Å². The Balaban J connectivity index is 1.65. The van der Waals surface area contributed by atoms with Crippen LogP contribution < -0.4 is 15.5 Å². The van der Waals surface area contributed by atoms with Crippen LogP contribution in [0.4, 0.5) is 17.1 Å². The van der Waals surface area contributed by atoms with Crippen molar-refractivity contribution < 1.29 is 23.9 Å². The maximum Gasteiger partial charge on any atom is 0.336 e. The molecular weight excluding hydrogens is 422 g/mol. The maximum atomic E-state index is 13.0. The first-order valence-electron chi connectivity index (χ1n) is 9.50. The number of rotatable bonds is 4. The van der Waals surface area contributed by atoms with Crippen LogP contribution in [-0.2, 0) is 23.9 Å². The Morgan fingerprint density at radius 2 is 1.71 bits per heavy atom. The van der Waals surface area contributed by atoms with Crippen LogP contribution in [0.1, 0.15) is 12.8 Å². The van der Waals surface area contributed by atoms with Gasteiger partial charge in [0.25, 0.3) is 5.91 Å². The van der Waals surface area contributed by atoms with Gasteiger partial charge in [0.1, 0.15) is 5.70 Å². The third-order valence-corrected chi connectivity index (χ3v) is 5.42. The third-order valence-electron chi connectivity index (χ3n) is 5.17. The van der Waals surface area contributed by atoms with Crippen molar-refractivity contribution in [3.8, 4) is 0 Å². The Kier molecular flexibility index (Phi) is 5.48. The van der Waals surface area contributed by atoms with E-state index in [4.69, 9.17) is 16.3 Å². The normalized spacial score (nSPS) is 19.5. The van der Waals surface area contributed by atoms with Gasteiger partial charge in [0, 0.05) is 11.4 Å². The highest BCUT2D eigenvalue weighted by Gasteiger charge is 2.41. The zero-order valence-corrected chi connectivity index (χ0v) is 17.2. The SMILES string of the molecule is COC(=O)/C(CC1CC(=O)N(c2ccc(Cl)cc2)C1=O)=C1/Nc2ccccc2NC1=O. The number of benzene rings is 2. The number of hydrogen-bond acceptors (Lipinski definition) is 6. The Morgan fingerprint density at radius 1 is 1.06 bits per heavy atom. The number of carbonyl (C=O) groups is 4. The molecule has 2 heterocycles. The first-order chi connectivity index (χ1) is 14.9. The average Bonchev–Trinajstić information content (AvgIpc) is 3.04. The first-order valence-corrected chi connectivity index (χ1v) is 9.88.